The molecule has 130 valence electrons. The molecular formula is C18H30IN3O. The number of likely N-dealkylation sites (tertiary alicyclic amines) is 1. The van der Waals surface area contributed by atoms with Crippen molar-refractivity contribution in [1.82, 2.24) is 10.2 Å². The van der Waals surface area contributed by atoms with Gasteiger partial charge in [-0.3, -0.25) is 4.99 Å². The average Bonchev–Trinajstić information content (AvgIpc) is 2.52. The summed E-state index contributed by atoms with van der Waals surface area (Å²) in [6.07, 6.45) is 3.52. The van der Waals surface area contributed by atoms with Crippen LogP contribution < -0.4 is 10.1 Å². The molecule has 1 N–H and O–H groups in total. The zero-order valence-corrected chi connectivity index (χ0v) is 17.1. The molecule has 1 unspecified atom stereocenters. The minimum atomic E-state index is 0. The number of hydrogen-bond acceptors (Lipinski definition) is 2. The van der Waals surface area contributed by atoms with E-state index in [2.05, 4.69) is 41.2 Å². The van der Waals surface area contributed by atoms with Crippen molar-refractivity contribution in [2.75, 3.05) is 33.8 Å². The molecule has 23 heavy (non-hydrogen) atoms. The van der Waals surface area contributed by atoms with Crippen LogP contribution >= 0.6 is 24.0 Å². The highest BCUT2D eigenvalue weighted by atomic mass is 127. The molecule has 0 bridgehead atoms. The smallest absolute Gasteiger partial charge is 0.193 e. The zero-order valence-electron chi connectivity index (χ0n) is 14.8. The maximum absolute atomic E-state index is 5.45. The number of aliphatic imine (C=N–C) groups is 1. The molecule has 0 radical (unpaired) electrons. The van der Waals surface area contributed by atoms with Crippen molar-refractivity contribution in [3.05, 3.63) is 29.3 Å². The molecule has 1 atom stereocenters. The number of methoxy groups -OCH3 is 1. The Bertz CT molecular complexity index is 519. The highest BCUT2D eigenvalue weighted by molar-refractivity contribution is 14.0. The molecule has 0 aromatic heterocycles. The lowest BCUT2D eigenvalue weighted by molar-refractivity contribution is 0.266. The van der Waals surface area contributed by atoms with Crippen LogP contribution in [0.2, 0.25) is 0 Å². The molecule has 1 aliphatic heterocycles. The van der Waals surface area contributed by atoms with Crippen molar-refractivity contribution in [3.63, 3.8) is 0 Å². The Morgan fingerprint density at radius 3 is 2.87 bits per heavy atom. The van der Waals surface area contributed by atoms with Crippen LogP contribution in [-0.2, 0) is 6.42 Å². The largest absolute Gasteiger partial charge is 0.496 e. The standard InChI is InChI=1S/C18H29N3O.HI/c1-14-7-8-17(22-4)16(12-14)9-10-20-18(19-3)21-11-5-6-15(2)13-21;/h7-8,12,15H,5-6,9-11,13H2,1-4H3,(H,19,20);1H. The molecule has 0 amide bonds. The van der Waals surface area contributed by atoms with Crippen molar-refractivity contribution in [2.24, 2.45) is 10.9 Å². The number of halogens is 1. The fourth-order valence-corrected chi connectivity index (χ4v) is 3.13. The van der Waals surface area contributed by atoms with E-state index in [4.69, 9.17) is 4.74 Å². The summed E-state index contributed by atoms with van der Waals surface area (Å²) in [6, 6.07) is 6.34. The lowest BCUT2D eigenvalue weighted by Gasteiger charge is -2.33. The van der Waals surface area contributed by atoms with Crippen LogP contribution in [0.5, 0.6) is 5.75 Å². The van der Waals surface area contributed by atoms with Crippen molar-refractivity contribution in [2.45, 2.75) is 33.1 Å². The molecule has 0 spiro atoms. The zero-order chi connectivity index (χ0) is 15.9. The third kappa shape index (κ3) is 5.86. The van der Waals surface area contributed by atoms with E-state index in [0.717, 1.165) is 43.7 Å². The molecule has 1 aromatic rings. The Morgan fingerprint density at radius 2 is 2.22 bits per heavy atom. The maximum atomic E-state index is 5.45. The van der Waals surface area contributed by atoms with Crippen molar-refractivity contribution >= 4 is 29.9 Å². The van der Waals surface area contributed by atoms with Gasteiger partial charge in [0.15, 0.2) is 5.96 Å². The first-order valence-corrected chi connectivity index (χ1v) is 8.23. The molecular weight excluding hydrogens is 401 g/mol. The molecule has 2 rings (SSSR count). The summed E-state index contributed by atoms with van der Waals surface area (Å²) < 4.78 is 5.45. The Hall–Kier alpha value is -0.980. The fraction of sp³-hybridized carbons (Fsp3) is 0.611. The molecule has 5 heteroatoms. The third-order valence-electron chi connectivity index (χ3n) is 4.28. The van der Waals surface area contributed by atoms with E-state index in [1.807, 2.05) is 13.1 Å². The molecule has 1 fully saturated rings. The van der Waals surface area contributed by atoms with Crippen molar-refractivity contribution in [1.29, 1.82) is 0 Å². The number of ether oxygens (including phenoxy) is 1. The van der Waals surface area contributed by atoms with Crippen LogP contribution in [0, 0.1) is 12.8 Å². The van der Waals surface area contributed by atoms with E-state index in [0.29, 0.717) is 0 Å². The second kappa shape index (κ2) is 10.0. The normalized spacial score (nSPS) is 18.3. The van der Waals surface area contributed by atoms with Gasteiger partial charge in [0.25, 0.3) is 0 Å². The van der Waals surface area contributed by atoms with Crippen LogP contribution in [0.4, 0.5) is 0 Å². The minimum Gasteiger partial charge on any atom is -0.496 e. The Labute approximate surface area is 157 Å². The third-order valence-corrected chi connectivity index (χ3v) is 4.28. The van der Waals surface area contributed by atoms with Crippen LogP contribution in [0.15, 0.2) is 23.2 Å². The van der Waals surface area contributed by atoms with Crippen molar-refractivity contribution < 1.29 is 4.74 Å². The van der Waals surface area contributed by atoms with Crippen LogP contribution in [0.3, 0.4) is 0 Å². The van der Waals surface area contributed by atoms with Gasteiger partial charge >= 0.3 is 0 Å². The first kappa shape index (κ1) is 20.1. The van der Waals surface area contributed by atoms with Gasteiger partial charge in [0.1, 0.15) is 5.75 Å². The molecule has 4 nitrogen and oxygen atoms in total. The summed E-state index contributed by atoms with van der Waals surface area (Å²) >= 11 is 0. The predicted octanol–water partition coefficient (Wildman–Crippen LogP) is 3.47. The summed E-state index contributed by atoms with van der Waals surface area (Å²) in [5.74, 6) is 2.75. The van der Waals surface area contributed by atoms with E-state index >= 15 is 0 Å². The predicted molar refractivity (Wildman–Crippen MR) is 108 cm³/mol. The maximum Gasteiger partial charge on any atom is 0.193 e. The second-order valence-electron chi connectivity index (χ2n) is 6.23. The van der Waals surface area contributed by atoms with E-state index in [9.17, 15) is 0 Å². The topological polar surface area (TPSA) is 36.9 Å². The van der Waals surface area contributed by atoms with E-state index in [-0.39, 0.29) is 24.0 Å². The minimum absolute atomic E-state index is 0. The van der Waals surface area contributed by atoms with Crippen LogP contribution in [0.25, 0.3) is 0 Å². The van der Waals surface area contributed by atoms with Gasteiger partial charge in [-0.05, 0) is 43.7 Å². The summed E-state index contributed by atoms with van der Waals surface area (Å²) in [6.45, 7) is 7.52. The number of rotatable bonds is 4. The fourth-order valence-electron chi connectivity index (χ4n) is 3.13. The van der Waals surface area contributed by atoms with Crippen molar-refractivity contribution in [3.8, 4) is 5.75 Å². The van der Waals surface area contributed by atoms with Gasteiger partial charge < -0.3 is 15.0 Å². The van der Waals surface area contributed by atoms with Crippen LogP contribution in [0.1, 0.15) is 30.9 Å². The summed E-state index contributed by atoms with van der Waals surface area (Å²) in [5, 5.41) is 3.50. The molecule has 0 saturated carbocycles. The lowest BCUT2D eigenvalue weighted by Crippen LogP contribution is -2.46. The molecule has 1 heterocycles. The van der Waals surface area contributed by atoms with Gasteiger partial charge in [-0.2, -0.15) is 0 Å². The van der Waals surface area contributed by atoms with Gasteiger partial charge in [0.2, 0.25) is 0 Å². The number of nitrogens with zero attached hydrogens (tertiary/aromatic N) is 2. The van der Waals surface area contributed by atoms with Gasteiger partial charge in [-0.15, -0.1) is 24.0 Å². The van der Waals surface area contributed by atoms with E-state index in [1.54, 1.807) is 7.11 Å². The Kier molecular flexibility index (Phi) is 8.73. The van der Waals surface area contributed by atoms with Gasteiger partial charge in [0, 0.05) is 26.7 Å². The van der Waals surface area contributed by atoms with Gasteiger partial charge in [-0.1, -0.05) is 24.6 Å². The number of aryl methyl sites for hydroxylation is 1. The van der Waals surface area contributed by atoms with E-state index < -0.39 is 0 Å². The average molecular weight is 431 g/mol. The lowest BCUT2D eigenvalue weighted by atomic mass is 10.0. The molecule has 1 saturated heterocycles. The van der Waals surface area contributed by atoms with Gasteiger partial charge in [-0.25, -0.2) is 0 Å². The summed E-state index contributed by atoms with van der Waals surface area (Å²) in [7, 11) is 3.60. The monoisotopic (exact) mass is 431 g/mol. The molecule has 1 aromatic carbocycles. The number of benzene rings is 1. The number of guanidine groups is 1. The van der Waals surface area contributed by atoms with Crippen LogP contribution in [-0.4, -0.2) is 44.7 Å². The number of hydrogen-bond donors (Lipinski definition) is 1. The number of nitrogens with one attached hydrogen (secondary N) is 1. The van der Waals surface area contributed by atoms with Gasteiger partial charge in [0.05, 0.1) is 7.11 Å². The summed E-state index contributed by atoms with van der Waals surface area (Å²) in [4.78, 5) is 6.81. The van der Waals surface area contributed by atoms with E-state index in [1.165, 1.54) is 24.0 Å². The quantitative estimate of drug-likeness (QED) is 0.451. The highest BCUT2D eigenvalue weighted by Crippen LogP contribution is 2.20. The Balaban J connectivity index is 0.00000264. The number of piperidine rings is 1. The summed E-state index contributed by atoms with van der Waals surface area (Å²) in [5.41, 5.74) is 2.52. The Morgan fingerprint density at radius 1 is 1.43 bits per heavy atom. The molecule has 1 aliphatic rings. The molecule has 0 aliphatic carbocycles. The highest BCUT2D eigenvalue weighted by Gasteiger charge is 2.18. The second-order valence-corrected chi connectivity index (χ2v) is 6.23. The first-order chi connectivity index (χ1) is 10.6. The SMILES string of the molecule is CN=C(NCCc1cc(C)ccc1OC)N1CCCC(C)C1.I. The first-order valence-electron chi connectivity index (χ1n) is 8.23.